The quantitative estimate of drug-likeness (QED) is 0.203. The van der Waals surface area contributed by atoms with Crippen LogP contribution < -0.4 is 0 Å². The number of nitrogens with zero attached hydrogens (tertiary/aromatic N) is 1. The van der Waals surface area contributed by atoms with Crippen molar-refractivity contribution >= 4 is 27.8 Å². The molecule has 39 heavy (non-hydrogen) atoms. The Morgan fingerprint density at radius 2 is 1.31 bits per heavy atom. The number of H-pyrrole nitrogens is 2. The Kier molecular flexibility index (Phi) is 6.98. The van der Waals surface area contributed by atoms with E-state index in [2.05, 4.69) is 81.7 Å². The van der Waals surface area contributed by atoms with Crippen LogP contribution in [0.2, 0.25) is 0 Å². The van der Waals surface area contributed by atoms with Gasteiger partial charge in [0, 0.05) is 53.1 Å². The summed E-state index contributed by atoms with van der Waals surface area (Å²) in [4.78, 5) is 22.8. The summed E-state index contributed by atoms with van der Waals surface area (Å²) in [6, 6.07) is 36.8. The molecule has 5 heteroatoms. The largest absolute Gasteiger partial charge is 0.468 e. The van der Waals surface area contributed by atoms with Gasteiger partial charge in [-0.25, -0.2) is 0 Å². The zero-order chi connectivity index (χ0) is 26.6. The number of hydrogen-bond acceptors (Lipinski definition) is 3. The topological polar surface area (TPSA) is 61.1 Å². The van der Waals surface area contributed by atoms with Crippen LogP contribution in [0.4, 0.5) is 0 Å². The number of nitrogens with one attached hydrogen (secondary N) is 2. The van der Waals surface area contributed by atoms with E-state index in [0.717, 1.165) is 49.8 Å². The zero-order valence-corrected chi connectivity index (χ0v) is 21.9. The number of carbonyl (C=O) groups excluding carboxylic acids is 1. The summed E-state index contributed by atoms with van der Waals surface area (Å²) in [7, 11) is 1.48. The van der Waals surface area contributed by atoms with Crippen LogP contribution >= 0.6 is 0 Å². The summed E-state index contributed by atoms with van der Waals surface area (Å²) in [5.74, 6) is -0.239. The van der Waals surface area contributed by atoms with Gasteiger partial charge in [-0.1, -0.05) is 97.1 Å². The van der Waals surface area contributed by atoms with Gasteiger partial charge in [0.25, 0.3) is 0 Å². The molecule has 1 atom stereocenters. The van der Waals surface area contributed by atoms with Gasteiger partial charge in [-0.2, -0.15) is 0 Å². The van der Waals surface area contributed by atoms with Crippen LogP contribution in [0.25, 0.3) is 33.1 Å². The number of fused-ring (bicyclic) bond motifs is 2. The third kappa shape index (κ3) is 5.09. The normalized spacial score (nSPS) is 12.3. The van der Waals surface area contributed by atoms with Crippen LogP contribution in [-0.4, -0.2) is 34.0 Å². The molecular weight excluding hydrogens is 482 g/mol. The number of methoxy groups -OCH3 is 1. The Hall–Kier alpha value is -4.61. The van der Waals surface area contributed by atoms with Crippen LogP contribution in [0, 0.1) is 0 Å². The van der Waals surface area contributed by atoms with E-state index in [-0.39, 0.29) is 5.97 Å². The van der Waals surface area contributed by atoms with Crippen LogP contribution in [0.5, 0.6) is 0 Å². The fourth-order valence-electron chi connectivity index (χ4n) is 5.52. The molecule has 0 unspecified atom stereocenters. The Bertz CT molecular complexity index is 1660. The molecule has 6 rings (SSSR count). The molecule has 2 aromatic heterocycles. The minimum absolute atomic E-state index is 0.239. The van der Waals surface area contributed by atoms with Gasteiger partial charge in [0.2, 0.25) is 0 Å². The van der Waals surface area contributed by atoms with Crippen molar-refractivity contribution in [1.82, 2.24) is 14.9 Å². The van der Waals surface area contributed by atoms with Gasteiger partial charge < -0.3 is 14.7 Å². The summed E-state index contributed by atoms with van der Waals surface area (Å²) in [6.07, 6.45) is 2.56. The molecule has 2 heterocycles. The zero-order valence-electron chi connectivity index (χ0n) is 21.9. The maximum Gasteiger partial charge on any atom is 0.323 e. The second-order valence-electron chi connectivity index (χ2n) is 9.89. The van der Waals surface area contributed by atoms with E-state index in [0.29, 0.717) is 19.5 Å². The van der Waals surface area contributed by atoms with Crippen molar-refractivity contribution in [2.45, 2.75) is 25.6 Å². The number of aromatic nitrogens is 2. The molecule has 0 spiro atoms. The Balaban J connectivity index is 1.46. The lowest BCUT2D eigenvalue weighted by atomic mass is 9.97. The predicted octanol–water partition coefficient (Wildman–Crippen LogP) is 7.10. The number of rotatable bonds is 9. The Morgan fingerprint density at radius 3 is 1.95 bits per heavy atom. The maximum absolute atomic E-state index is 13.5. The molecule has 0 saturated heterocycles. The van der Waals surface area contributed by atoms with Crippen LogP contribution in [0.3, 0.4) is 0 Å². The lowest BCUT2D eigenvalue weighted by Gasteiger charge is -2.30. The second-order valence-corrected chi connectivity index (χ2v) is 9.89. The molecule has 4 aromatic carbocycles. The van der Waals surface area contributed by atoms with Crippen molar-refractivity contribution in [2.24, 2.45) is 0 Å². The molecule has 0 aliphatic heterocycles. The van der Waals surface area contributed by atoms with E-state index in [1.54, 1.807) is 0 Å². The van der Waals surface area contributed by atoms with Gasteiger partial charge >= 0.3 is 5.97 Å². The van der Waals surface area contributed by atoms with E-state index in [4.69, 9.17) is 4.74 Å². The molecule has 0 amide bonds. The van der Waals surface area contributed by atoms with Gasteiger partial charge in [-0.3, -0.25) is 9.69 Å². The molecule has 6 aromatic rings. The Labute approximate surface area is 228 Å². The minimum Gasteiger partial charge on any atom is -0.468 e. The van der Waals surface area contributed by atoms with Crippen LogP contribution in [0.15, 0.2) is 115 Å². The number of ether oxygens (including phenoxy) is 1. The maximum atomic E-state index is 13.5. The summed E-state index contributed by atoms with van der Waals surface area (Å²) in [6.45, 7) is 1.25. The minimum atomic E-state index is -0.487. The fourth-order valence-corrected chi connectivity index (χ4v) is 5.52. The highest BCUT2D eigenvalue weighted by Crippen LogP contribution is 2.36. The predicted molar refractivity (Wildman–Crippen MR) is 157 cm³/mol. The SMILES string of the molecule is COC(=O)[C@H](Cc1c(-c2c[nH]c3ccccc23)[nH]c2ccccc12)N(Cc1ccccc1)Cc1ccccc1. The molecule has 0 bridgehead atoms. The van der Waals surface area contributed by atoms with Crippen molar-refractivity contribution in [3.63, 3.8) is 0 Å². The van der Waals surface area contributed by atoms with Crippen molar-refractivity contribution in [2.75, 3.05) is 7.11 Å². The smallest absolute Gasteiger partial charge is 0.323 e. The average Bonchev–Trinajstić information content (AvgIpc) is 3.57. The third-order valence-corrected chi connectivity index (χ3v) is 7.44. The third-order valence-electron chi connectivity index (χ3n) is 7.44. The highest BCUT2D eigenvalue weighted by Gasteiger charge is 2.30. The van der Waals surface area contributed by atoms with Gasteiger partial charge in [-0.05, 0) is 28.8 Å². The number of benzene rings is 4. The van der Waals surface area contributed by atoms with E-state index in [1.807, 2.05) is 48.5 Å². The molecular formula is C34H31N3O2. The van der Waals surface area contributed by atoms with E-state index in [9.17, 15) is 4.79 Å². The molecule has 0 aliphatic carbocycles. The lowest BCUT2D eigenvalue weighted by molar-refractivity contribution is -0.147. The van der Waals surface area contributed by atoms with E-state index >= 15 is 0 Å². The van der Waals surface area contributed by atoms with Crippen molar-refractivity contribution < 1.29 is 9.53 Å². The highest BCUT2D eigenvalue weighted by atomic mass is 16.5. The van der Waals surface area contributed by atoms with Crippen LogP contribution in [-0.2, 0) is 29.0 Å². The standard InChI is InChI=1S/C34H31N3O2/c1-39-34(38)32(37(22-24-12-4-2-5-13-24)23-25-14-6-3-7-15-25)20-28-26-16-9-11-19-31(26)36-33(28)29-21-35-30-18-10-8-17-27(29)30/h2-19,21,32,35-36H,20,22-23H2,1H3/t32-/m0/s1. The lowest BCUT2D eigenvalue weighted by Crippen LogP contribution is -2.42. The number of aromatic amines is 2. The first-order chi connectivity index (χ1) is 19.2. The summed E-state index contributed by atoms with van der Waals surface area (Å²) in [5.41, 5.74) is 7.67. The average molecular weight is 514 g/mol. The van der Waals surface area contributed by atoms with Gasteiger partial charge in [0.05, 0.1) is 12.8 Å². The molecule has 0 saturated carbocycles. The van der Waals surface area contributed by atoms with E-state index in [1.165, 1.54) is 7.11 Å². The summed E-state index contributed by atoms with van der Waals surface area (Å²) >= 11 is 0. The first kappa shape index (κ1) is 24.7. The van der Waals surface area contributed by atoms with Gasteiger partial charge in [0.1, 0.15) is 6.04 Å². The molecule has 0 radical (unpaired) electrons. The number of para-hydroxylation sites is 2. The van der Waals surface area contributed by atoms with Gasteiger partial charge in [0.15, 0.2) is 0 Å². The van der Waals surface area contributed by atoms with E-state index < -0.39 is 6.04 Å². The first-order valence-electron chi connectivity index (χ1n) is 13.3. The Morgan fingerprint density at radius 1 is 0.744 bits per heavy atom. The van der Waals surface area contributed by atoms with Crippen molar-refractivity contribution in [1.29, 1.82) is 0 Å². The van der Waals surface area contributed by atoms with Crippen LogP contribution in [0.1, 0.15) is 16.7 Å². The molecule has 0 aliphatic rings. The van der Waals surface area contributed by atoms with Crippen molar-refractivity contribution in [3.8, 4) is 11.3 Å². The fraction of sp³-hybridized carbons (Fsp3) is 0.147. The number of carbonyl (C=O) groups is 1. The molecule has 194 valence electrons. The van der Waals surface area contributed by atoms with Crippen molar-refractivity contribution in [3.05, 3.63) is 132 Å². The first-order valence-corrected chi connectivity index (χ1v) is 13.3. The molecule has 0 fully saturated rings. The summed E-state index contributed by atoms with van der Waals surface area (Å²) < 4.78 is 5.43. The number of hydrogen-bond donors (Lipinski definition) is 2. The monoisotopic (exact) mass is 513 g/mol. The second kappa shape index (κ2) is 11.0. The summed E-state index contributed by atoms with van der Waals surface area (Å²) in [5, 5.41) is 2.26. The molecule has 2 N–H and O–H groups in total. The molecule has 5 nitrogen and oxygen atoms in total. The number of esters is 1. The highest BCUT2D eigenvalue weighted by molar-refractivity contribution is 6.00. The van der Waals surface area contributed by atoms with Gasteiger partial charge in [-0.15, -0.1) is 0 Å².